The van der Waals surface area contributed by atoms with Gasteiger partial charge in [-0.3, -0.25) is 4.99 Å². The fourth-order valence-electron chi connectivity index (χ4n) is 4.11. The third-order valence-electron chi connectivity index (χ3n) is 5.75. The van der Waals surface area contributed by atoms with Gasteiger partial charge in [0.2, 0.25) is 0 Å². The molecule has 3 heterocycles. The number of benzene rings is 1. The minimum Gasteiger partial charge on any atom is -0.497 e. The second-order valence-corrected chi connectivity index (χ2v) is 7.55. The summed E-state index contributed by atoms with van der Waals surface area (Å²) in [7, 11) is 3.55. The normalized spacial score (nSPS) is 16.8. The average Bonchev–Trinajstić information content (AvgIpc) is 3.00. The molecule has 1 N–H and O–H groups in total. The van der Waals surface area contributed by atoms with E-state index in [1.807, 2.05) is 19.2 Å². The molecule has 1 aromatic carbocycles. The van der Waals surface area contributed by atoms with Crippen molar-refractivity contribution in [2.45, 2.75) is 45.2 Å². The number of nitrogens with zero attached hydrogens (tertiary/aromatic N) is 5. The minimum atomic E-state index is 0. The molecule has 8 heteroatoms. The number of fused-ring (bicyclic) bond motifs is 1. The van der Waals surface area contributed by atoms with Crippen LogP contribution in [0.15, 0.2) is 35.3 Å². The molecular weight excluding hydrogens is 491 g/mol. The van der Waals surface area contributed by atoms with Crippen LogP contribution in [-0.4, -0.2) is 52.9 Å². The van der Waals surface area contributed by atoms with E-state index in [9.17, 15) is 0 Å². The Morgan fingerprint density at radius 3 is 2.83 bits per heavy atom. The van der Waals surface area contributed by atoms with Crippen molar-refractivity contribution in [3.63, 3.8) is 0 Å². The standard InChI is InChI=1S/C22H30N6O.HI/c1-23-22(24-16-21-26-25-20-9-4-3-5-12-28(20)21)27-13-10-17(11-14-27)18-7-6-8-19(15-18)29-2;/h6-8,10,15H,3-5,9,11-14,16H2,1-2H3,(H,23,24);1H. The highest BCUT2D eigenvalue weighted by Crippen LogP contribution is 2.25. The summed E-state index contributed by atoms with van der Waals surface area (Å²) >= 11 is 0. The van der Waals surface area contributed by atoms with E-state index in [0.29, 0.717) is 6.54 Å². The number of methoxy groups -OCH3 is 1. The first-order valence-electron chi connectivity index (χ1n) is 10.5. The summed E-state index contributed by atoms with van der Waals surface area (Å²) in [6, 6.07) is 8.28. The van der Waals surface area contributed by atoms with Crippen LogP contribution in [0.4, 0.5) is 0 Å². The molecule has 0 fully saturated rings. The number of hydrogen-bond donors (Lipinski definition) is 1. The summed E-state index contributed by atoms with van der Waals surface area (Å²) in [6.45, 7) is 3.45. The molecule has 7 nitrogen and oxygen atoms in total. The van der Waals surface area contributed by atoms with Gasteiger partial charge in [0.25, 0.3) is 0 Å². The summed E-state index contributed by atoms with van der Waals surface area (Å²) in [5.74, 6) is 3.94. The summed E-state index contributed by atoms with van der Waals surface area (Å²) in [5, 5.41) is 12.3. The van der Waals surface area contributed by atoms with E-state index in [2.05, 4.69) is 48.2 Å². The van der Waals surface area contributed by atoms with Crippen LogP contribution in [0.3, 0.4) is 0 Å². The number of aliphatic imine (C=N–C) groups is 1. The molecule has 30 heavy (non-hydrogen) atoms. The molecule has 4 rings (SSSR count). The van der Waals surface area contributed by atoms with Crippen molar-refractivity contribution in [3.8, 4) is 5.75 Å². The van der Waals surface area contributed by atoms with Crippen LogP contribution in [0.1, 0.15) is 42.9 Å². The van der Waals surface area contributed by atoms with Crippen molar-refractivity contribution >= 4 is 35.5 Å². The lowest BCUT2D eigenvalue weighted by Crippen LogP contribution is -2.43. The second kappa shape index (κ2) is 10.8. The molecular formula is C22H31IN6O. The van der Waals surface area contributed by atoms with E-state index in [1.54, 1.807) is 7.11 Å². The Morgan fingerprint density at radius 1 is 1.17 bits per heavy atom. The predicted molar refractivity (Wildman–Crippen MR) is 130 cm³/mol. The predicted octanol–water partition coefficient (Wildman–Crippen LogP) is 3.50. The topological polar surface area (TPSA) is 67.6 Å². The number of aromatic nitrogens is 3. The molecule has 0 saturated carbocycles. The van der Waals surface area contributed by atoms with Crippen molar-refractivity contribution in [2.75, 3.05) is 27.2 Å². The first-order chi connectivity index (χ1) is 14.3. The molecule has 0 amide bonds. The Hall–Kier alpha value is -2.10. The van der Waals surface area contributed by atoms with Crippen LogP contribution in [0.25, 0.3) is 5.57 Å². The van der Waals surface area contributed by atoms with Crippen LogP contribution < -0.4 is 10.1 Å². The Kier molecular flexibility index (Phi) is 8.12. The fourth-order valence-corrected chi connectivity index (χ4v) is 4.11. The number of ether oxygens (including phenoxy) is 1. The van der Waals surface area contributed by atoms with Gasteiger partial charge in [0.1, 0.15) is 11.6 Å². The molecule has 0 spiro atoms. The third kappa shape index (κ3) is 5.14. The van der Waals surface area contributed by atoms with Gasteiger partial charge >= 0.3 is 0 Å². The van der Waals surface area contributed by atoms with Crippen molar-refractivity contribution < 1.29 is 4.74 Å². The molecule has 2 aliphatic heterocycles. The molecule has 0 bridgehead atoms. The van der Waals surface area contributed by atoms with E-state index < -0.39 is 0 Å². The number of aryl methyl sites for hydroxylation is 1. The van der Waals surface area contributed by atoms with E-state index in [4.69, 9.17) is 4.74 Å². The van der Waals surface area contributed by atoms with Gasteiger partial charge in [-0.25, -0.2) is 0 Å². The van der Waals surface area contributed by atoms with Crippen LogP contribution >= 0.6 is 24.0 Å². The van der Waals surface area contributed by atoms with Crippen LogP contribution in [0, 0.1) is 0 Å². The summed E-state index contributed by atoms with van der Waals surface area (Å²) in [6.07, 6.45) is 7.99. The van der Waals surface area contributed by atoms with Gasteiger partial charge in [0.05, 0.1) is 13.7 Å². The maximum Gasteiger partial charge on any atom is 0.194 e. The maximum atomic E-state index is 5.36. The van der Waals surface area contributed by atoms with Crippen LogP contribution in [0.2, 0.25) is 0 Å². The number of nitrogens with one attached hydrogen (secondary N) is 1. The van der Waals surface area contributed by atoms with Crippen LogP contribution in [-0.2, 0) is 19.5 Å². The van der Waals surface area contributed by atoms with Crippen LogP contribution in [0.5, 0.6) is 5.75 Å². The van der Waals surface area contributed by atoms with Crippen molar-refractivity contribution in [1.29, 1.82) is 0 Å². The summed E-state index contributed by atoms with van der Waals surface area (Å²) in [4.78, 5) is 6.77. The summed E-state index contributed by atoms with van der Waals surface area (Å²) in [5.41, 5.74) is 2.59. The lowest BCUT2D eigenvalue weighted by atomic mass is 9.99. The van der Waals surface area contributed by atoms with Crippen molar-refractivity contribution in [1.82, 2.24) is 25.0 Å². The lowest BCUT2D eigenvalue weighted by molar-refractivity contribution is 0.414. The molecule has 1 aromatic heterocycles. The number of rotatable bonds is 4. The fraction of sp³-hybridized carbons (Fsp3) is 0.500. The zero-order valence-electron chi connectivity index (χ0n) is 17.8. The quantitative estimate of drug-likeness (QED) is 0.379. The van der Waals surface area contributed by atoms with Crippen molar-refractivity contribution in [3.05, 3.63) is 47.6 Å². The Morgan fingerprint density at radius 2 is 2.07 bits per heavy atom. The Labute approximate surface area is 195 Å². The highest BCUT2D eigenvalue weighted by molar-refractivity contribution is 14.0. The largest absolute Gasteiger partial charge is 0.497 e. The number of guanidine groups is 1. The monoisotopic (exact) mass is 522 g/mol. The first kappa shape index (κ1) is 22.6. The highest BCUT2D eigenvalue weighted by Gasteiger charge is 2.19. The molecule has 0 atom stereocenters. The van der Waals surface area contributed by atoms with Gasteiger partial charge in [-0.2, -0.15) is 0 Å². The lowest BCUT2D eigenvalue weighted by Gasteiger charge is -2.29. The first-order valence-corrected chi connectivity index (χ1v) is 10.5. The zero-order valence-corrected chi connectivity index (χ0v) is 20.1. The average molecular weight is 522 g/mol. The Bertz CT molecular complexity index is 907. The minimum absolute atomic E-state index is 0. The van der Waals surface area contributed by atoms with Gasteiger partial charge in [-0.05, 0) is 42.5 Å². The van der Waals surface area contributed by atoms with Gasteiger partial charge in [0, 0.05) is 33.1 Å². The summed E-state index contributed by atoms with van der Waals surface area (Å²) < 4.78 is 7.64. The highest BCUT2D eigenvalue weighted by atomic mass is 127. The Balaban J connectivity index is 0.00000256. The van der Waals surface area contributed by atoms with E-state index >= 15 is 0 Å². The third-order valence-corrected chi connectivity index (χ3v) is 5.75. The SMILES string of the molecule is CN=C(NCc1nnc2n1CCCCC2)N1CC=C(c2cccc(OC)c2)CC1.I. The van der Waals surface area contributed by atoms with Gasteiger partial charge in [-0.15, -0.1) is 34.2 Å². The molecule has 0 radical (unpaired) electrons. The number of hydrogen-bond acceptors (Lipinski definition) is 4. The van der Waals surface area contributed by atoms with E-state index in [-0.39, 0.29) is 24.0 Å². The zero-order chi connectivity index (χ0) is 20.1. The molecule has 2 aromatic rings. The van der Waals surface area contributed by atoms with Gasteiger partial charge < -0.3 is 19.5 Å². The molecule has 0 unspecified atom stereocenters. The van der Waals surface area contributed by atoms with E-state index in [1.165, 1.54) is 30.4 Å². The maximum absolute atomic E-state index is 5.36. The molecule has 2 aliphatic rings. The second-order valence-electron chi connectivity index (χ2n) is 7.55. The molecule has 0 saturated heterocycles. The van der Waals surface area contributed by atoms with Gasteiger partial charge in [-0.1, -0.05) is 24.6 Å². The number of halogens is 1. The molecule has 0 aliphatic carbocycles. The molecule has 162 valence electrons. The van der Waals surface area contributed by atoms with Crippen molar-refractivity contribution in [2.24, 2.45) is 4.99 Å². The smallest absolute Gasteiger partial charge is 0.194 e. The van der Waals surface area contributed by atoms with Gasteiger partial charge in [0.15, 0.2) is 11.8 Å². The van der Waals surface area contributed by atoms with E-state index in [0.717, 1.165) is 55.8 Å².